The van der Waals surface area contributed by atoms with Crippen molar-refractivity contribution in [3.8, 4) is 5.75 Å². The van der Waals surface area contributed by atoms with Gasteiger partial charge in [0.1, 0.15) is 24.3 Å². The number of fused-ring (bicyclic) bond motifs is 1. The van der Waals surface area contributed by atoms with Crippen LogP contribution in [0.5, 0.6) is 5.75 Å². The van der Waals surface area contributed by atoms with Crippen molar-refractivity contribution in [1.29, 1.82) is 0 Å². The highest BCUT2D eigenvalue weighted by Crippen LogP contribution is 2.36. The van der Waals surface area contributed by atoms with E-state index in [4.69, 9.17) is 9.84 Å². The van der Waals surface area contributed by atoms with Gasteiger partial charge < -0.3 is 14.7 Å². The van der Waals surface area contributed by atoms with Crippen molar-refractivity contribution in [1.82, 2.24) is 4.98 Å². The Morgan fingerprint density at radius 3 is 2.75 bits per heavy atom. The Hall–Kier alpha value is -2.70. The molecule has 146 valence electrons. The van der Waals surface area contributed by atoms with Gasteiger partial charge in [0, 0.05) is 41.0 Å². The van der Waals surface area contributed by atoms with Gasteiger partial charge in [-0.1, -0.05) is 18.7 Å². The molecule has 0 fully saturated rings. The first-order valence-corrected chi connectivity index (χ1v) is 9.71. The van der Waals surface area contributed by atoms with E-state index in [2.05, 4.69) is 17.6 Å². The van der Waals surface area contributed by atoms with Gasteiger partial charge in [-0.05, 0) is 41.8 Å². The van der Waals surface area contributed by atoms with Gasteiger partial charge in [-0.15, -0.1) is 11.3 Å². The molecule has 0 amide bonds. The largest absolute Gasteiger partial charge is 0.485 e. The van der Waals surface area contributed by atoms with Crippen molar-refractivity contribution >= 4 is 32.8 Å². The molecule has 0 spiro atoms. The Labute approximate surface area is 168 Å². The number of ether oxygens (including phenoxy) is 1. The van der Waals surface area contributed by atoms with Crippen LogP contribution in [0, 0.1) is 0 Å². The first kappa shape index (κ1) is 20.0. The lowest BCUT2D eigenvalue weighted by atomic mass is 10.1. The predicted molar refractivity (Wildman–Crippen MR) is 115 cm³/mol. The number of alkyl halides is 1. The number of aliphatic hydroxyl groups excluding tert-OH is 1. The van der Waals surface area contributed by atoms with E-state index in [-0.39, 0.29) is 6.61 Å². The molecule has 1 unspecified atom stereocenters. The molecule has 0 saturated carbocycles. The van der Waals surface area contributed by atoms with Crippen LogP contribution in [0.25, 0.3) is 15.7 Å². The molecule has 1 N–H and O–H groups in total. The molecule has 0 radical (unpaired) electrons. The van der Waals surface area contributed by atoms with Gasteiger partial charge in [-0.2, -0.15) is 0 Å². The minimum absolute atomic E-state index is 0.355. The molecule has 3 aromatic rings. The molecule has 0 aliphatic carbocycles. The molecule has 0 aliphatic rings. The Kier molecular flexibility index (Phi) is 6.44. The van der Waals surface area contributed by atoms with Gasteiger partial charge in [0.05, 0.1) is 6.61 Å². The van der Waals surface area contributed by atoms with Gasteiger partial charge in [0.25, 0.3) is 0 Å². The number of hydrogen-bond donors (Lipinski definition) is 1. The van der Waals surface area contributed by atoms with Crippen molar-refractivity contribution in [2.24, 2.45) is 0 Å². The van der Waals surface area contributed by atoms with Gasteiger partial charge in [-0.3, -0.25) is 0 Å². The Morgan fingerprint density at radius 2 is 2.14 bits per heavy atom. The molecule has 0 aliphatic heterocycles. The number of anilines is 1. The highest BCUT2D eigenvalue weighted by atomic mass is 32.1. The van der Waals surface area contributed by atoms with E-state index in [0.717, 1.165) is 31.9 Å². The summed E-state index contributed by atoms with van der Waals surface area (Å²) in [7, 11) is 3.91. The second-order valence-electron chi connectivity index (χ2n) is 6.50. The van der Waals surface area contributed by atoms with E-state index in [1.165, 1.54) is 0 Å². The fourth-order valence-corrected chi connectivity index (χ4v) is 3.91. The number of allylic oxidation sites excluding steroid dienone is 2. The van der Waals surface area contributed by atoms with Crippen LogP contribution < -0.4 is 9.64 Å². The molecule has 0 saturated heterocycles. The van der Waals surface area contributed by atoms with Crippen molar-refractivity contribution in [2.75, 3.05) is 32.3 Å². The van der Waals surface area contributed by atoms with Crippen LogP contribution in [-0.4, -0.2) is 43.6 Å². The van der Waals surface area contributed by atoms with Crippen LogP contribution in [0.3, 0.4) is 0 Å². The molecule has 2 heterocycles. The maximum Gasteiger partial charge on any atom is 0.150 e. The Bertz CT molecular complexity index is 976. The molecule has 4 nitrogen and oxygen atoms in total. The van der Waals surface area contributed by atoms with E-state index in [9.17, 15) is 4.39 Å². The van der Waals surface area contributed by atoms with Crippen LogP contribution in [0.2, 0.25) is 0 Å². The average Bonchev–Trinajstić information content (AvgIpc) is 3.13. The van der Waals surface area contributed by atoms with Gasteiger partial charge in [0.15, 0.2) is 0 Å². The van der Waals surface area contributed by atoms with E-state index >= 15 is 0 Å². The Morgan fingerprint density at radius 1 is 1.32 bits per heavy atom. The minimum Gasteiger partial charge on any atom is -0.485 e. The quantitative estimate of drug-likeness (QED) is 0.559. The molecule has 0 bridgehead atoms. The zero-order chi connectivity index (χ0) is 20.1. The summed E-state index contributed by atoms with van der Waals surface area (Å²) in [5, 5.41) is 10.2. The highest BCUT2D eigenvalue weighted by Gasteiger charge is 2.13. The molecule has 2 aromatic heterocycles. The lowest BCUT2D eigenvalue weighted by Crippen LogP contribution is -2.23. The predicted octanol–water partition coefficient (Wildman–Crippen LogP) is 4.69. The number of nitrogens with zero attached hydrogens (tertiary/aromatic N) is 2. The minimum atomic E-state index is -0.839. The third-order valence-corrected chi connectivity index (χ3v) is 5.37. The number of aliphatic hydroxyl groups is 1. The molecule has 6 heteroatoms. The maximum atomic E-state index is 12.8. The van der Waals surface area contributed by atoms with Crippen molar-refractivity contribution in [3.63, 3.8) is 0 Å². The second kappa shape index (κ2) is 8.99. The average molecular weight is 399 g/mol. The summed E-state index contributed by atoms with van der Waals surface area (Å²) < 4.78 is 19.3. The summed E-state index contributed by atoms with van der Waals surface area (Å²) in [5.41, 5.74) is 2.04. The lowest BCUT2D eigenvalue weighted by molar-refractivity contribution is 0.0933. The third-order valence-electron chi connectivity index (χ3n) is 4.24. The monoisotopic (exact) mass is 398 g/mol. The lowest BCUT2D eigenvalue weighted by Gasteiger charge is -2.13. The van der Waals surface area contributed by atoms with Crippen molar-refractivity contribution in [2.45, 2.75) is 6.10 Å². The maximum absolute atomic E-state index is 12.8. The number of thiophene rings is 1. The zero-order valence-corrected chi connectivity index (χ0v) is 16.7. The molecule has 1 aromatic carbocycles. The van der Waals surface area contributed by atoms with Crippen LogP contribution in [0.15, 0.2) is 61.3 Å². The first-order valence-electron chi connectivity index (χ1n) is 8.89. The molecular weight excluding hydrogens is 375 g/mol. The van der Waals surface area contributed by atoms with Crippen LogP contribution in [0.4, 0.5) is 10.2 Å². The van der Waals surface area contributed by atoms with Crippen LogP contribution in [-0.2, 0) is 0 Å². The number of benzene rings is 1. The van der Waals surface area contributed by atoms with Crippen LogP contribution in [0.1, 0.15) is 10.4 Å². The van der Waals surface area contributed by atoms with Gasteiger partial charge >= 0.3 is 0 Å². The summed E-state index contributed by atoms with van der Waals surface area (Å²) in [4.78, 5) is 7.54. The fraction of sp³-hybridized carbons (Fsp3) is 0.227. The number of rotatable bonds is 8. The molecule has 1 atom stereocenters. The summed E-state index contributed by atoms with van der Waals surface area (Å²) >= 11 is 1.62. The normalized spacial score (nSPS) is 12.8. The summed E-state index contributed by atoms with van der Waals surface area (Å²) in [6, 6.07) is 11.7. The smallest absolute Gasteiger partial charge is 0.150 e. The van der Waals surface area contributed by atoms with Crippen molar-refractivity contribution < 1.29 is 14.2 Å². The molecule has 28 heavy (non-hydrogen) atoms. The molecular formula is C22H23FN2O2S. The summed E-state index contributed by atoms with van der Waals surface area (Å²) in [6.07, 6.45) is 4.76. The number of aromatic nitrogens is 1. The third kappa shape index (κ3) is 4.40. The van der Waals surface area contributed by atoms with Crippen LogP contribution >= 0.6 is 11.3 Å². The number of halogens is 1. The van der Waals surface area contributed by atoms with E-state index in [1.807, 2.05) is 55.5 Å². The van der Waals surface area contributed by atoms with Crippen molar-refractivity contribution in [3.05, 3.63) is 71.8 Å². The SMILES string of the molecule is C=C/C=C(\c1ccc(N(C)C)nc1)c1cc2ccc(OC(CO)CF)cc2s1. The summed E-state index contributed by atoms with van der Waals surface area (Å²) in [5.74, 6) is 1.44. The zero-order valence-electron chi connectivity index (χ0n) is 15.9. The summed E-state index contributed by atoms with van der Waals surface area (Å²) in [6.45, 7) is 2.75. The standard InChI is InChI=1S/C22H23FN2O2S/c1-4-5-19(16-7-9-22(24-13-16)25(2)3)21-10-15-6-8-17(11-20(15)28-21)27-18(12-23)14-26/h4-11,13,18,26H,1,12,14H2,2-3H3/b19-5+. The van der Waals surface area contributed by atoms with E-state index < -0.39 is 12.8 Å². The number of pyridine rings is 1. The second-order valence-corrected chi connectivity index (χ2v) is 7.59. The van der Waals surface area contributed by atoms with Gasteiger partial charge in [0.2, 0.25) is 0 Å². The van der Waals surface area contributed by atoms with Gasteiger partial charge in [-0.25, -0.2) is 9.37 Å². The first-order chi connectivity index (χ1) is 13.5. The fourth-order valence-electron chi connectivity index (χ4n) is 2.78. The topological polar surface area (TPSA) is 45.6 Å². The van der Waals surface area contributed by atoms with E-state index in [0.29, 0.717) is 5.75 Å². The number of hydrogen-bond acceptors (Lipinski definition) is 5. The Balaban J connectivity index is 1.95. The van der Waals surface area contributed by atoms with E-state index in [1.54, 1.807) is 23.5 Å². The molecule has 3 rings (SSSR count). The highest BCUT2D eigenvalue weighted by molar-refractivity contribution is 7.20.